The average molecular weight is 702 g/mol. The molecule has 2 unspecified atom stereocenters. The number of ether oxygens (including phenoxy) is 1. The fourth-order valence-electron chi connectivity index (χ4n) is 6.87. The van der Waals surface area contributed by atoms with Gasteiger partial charge in [0.2, 0.25) is 0 Å². The number of hydrogen-bond acceptors (Lipinski definition) is 15. The molecule has 246 valence electrons. The normalized spacial score (nSPS) is 41.1. The van der Waals surface area contributed by atoms with Gasteiger partial charge in [-0.05, 0) is 19.3 Å². The molecule has 2 bridgehead atoms. The number of fused-ring (bicyclic) bond motifs is 4. The predicted octanol–water partition coefficient (Wildman–Crippen LogP) is 0.963. The maximum absolute atomic E-state index is 15.9. The van der Waals surface area contributed by atoms with Crippen LogP contribution in [-0.4, -0.2) is 92.8 Å². The Morgan fingerprint density at radius 2 is 1.89 bits per heavy atom. The largest absolute Gasteiger partial charge is 0.472 e. The zero-order chi connectivity index (χ0) is 32.3. The minimum absolute atomic E-state index is 0.000726. The van der Waals surface area contributed by atoms with Crippen molar-refractivity contribution < 1.29 is 46.4 Å². The maximum Gasteiger partial charge on any atom is 0.472 e. The number of thiol groups is 1. The van der Waals surface area contributed by atoms with Crippen molar-refractivity contribution in [1.29, 1.82) is 0 Å². The van der Waals surface area contributed by atoms with Gasteiger partial charge in [-0.3, -0.25) is 27.5 Å². The molecule has 4 aromatic rings. The Balaban J connectivity index is 1.14. The van der Waals surface area contributed by atoms with E-state index in [1.165, 1.54) is 24.1 Å². The van der Waals surface area contributed by atoms with Crippen molar-refractivity contribution in [2.75, 3.05) is 18.9 Å². The van der Waals surface area contributed by atoms with Crippen LogP contribution in [0.4, 0.5) is 10.2 Å². The van der Waals surface area contributed by atoms with E-state index in [-0.39, 0.29) is 29.2 Å². The van der Waals surface area contributed by atoms with Gasteiger partial charge < -0.3 is 30.0 Å². The first-order valence-corrected chi connectivity index (χ1v) is 18.1. The van der Waals surface area contributed by atoms with E-state index in [1.807, 2.05) is 0 Å². The topological polar surface area (TPSA) is 254 Å². The van der Waals surface area contributed by atoms with Gasteiger partial charge in [-0.1, -0.05) is 12.2 Å². The van der Waals surface area contributed by atoms with E-state index >= 15 is 4.39 Å². The second kappa shape index (κ2) is 10.3. The van der Waals surface area contributed by atoms with E-state index in [0.717, 1.165) is 6.33 Å². The van der Waals surface area contributed by atoms with Crippen LogP contribution in [0.15, 0.2) is 23.8 Å². The van der Waals surface area contributed by atoms with Crippen molar-refractivity contribution in [2.45, 2.75) is 56.2 Å². The number of H-pyrrole nitrogens is 1. The molecule has 1 spiro atoms. The minimum Gasteiger partial charge on any atom is -0.388 e. The lowest BCUT2D eigenvalue weighted by atomic mass is 10.0. The first kappa shape index (κ1) is 30.5. The lowest BCUT2D eigenvalue weighted by molar-refractivity contribution is -0.0586. The number of aliphatic hydroxyl groups excluding tert-OH is 1. The monoisotopic (exact) mass is 701 g/mol. The third-order valence-electron chi connectivity index (χ3n) is 9.01. The van der Waals surface area contributed by atoms with Crippen molar-refractivity contribution in [1.82, 2.24) is 39.0 Å². The Hall–Kier alpha value is -2.84. The first-order valence-electron chi connectivity index (χ1n) is 13.9. The smallest absolute Gasteiger partial charge is 0.388 e. The number of phosphoric ester groups is 1. The molecule has 4 aliphatic rings. The summed E-state index contributed by atoms with van der Waals surface area (Å²) in [6.07, 6.45) is -5.47. The molecule has 19 nitrogen and oxygen atoms in total. The molecule has 4 aromatic heterocycles. The lowest BCUT2D eigenvalue weighted by Crippen LogP contribution is -2.37. The minimum atomic E-state index is -5.06. The number of nitrogens with zero attached hydrogens (tertiary/aromatic N) is 7. The van der Waals surface area contributed by atoms with Gasteiger partial charge in [0.25, 0.3) is 5.56 Å². The molecule has 11 atom stereocenters. The highest BCUT2D eigenvalue weighted by molar-refractivity contribution is 8.44. The van der Waals surface area contributed by atoms with Gasteiger partial charge >= 0.3 is 14.6 Å². The summed E-state index contributed by atoms with van der Waals surface area (Å²) >= 11 is 4.10. The average Bonchev–Trinajstić information content (AvgIpc) is 3.26. The van der Waals surface area contributed by atoms with E-state index < -0.39 is 87.6 Å². The Morgan fingerprint density at radius 1 is 1.13 bits per heavy atom. The van der Waals surface area contributed by atoms with Gasteiger partial charge in [0.05, 0.1) is 31.9 Å². The quantitative estimate of drug-likeness (QED) is 0.144. The van der Waals surface area contributed by atoms with Crippen molar-refractivity contribution in [3.05, 3.63) is 35.2 Å². The number of anilines is 1. The molecule has 2 saturated heterocycles. The molecule has 4 fully saturated rings. The van der Waals surface area contributed by atoms with Gasteiger partial charge in [-0.25, -0.2) is 38.4 Å². The summed E-state index contributed by atoms with van der Waals surface area (Å²) in [5.74, 6) is -0.105. The van der Waals surface area contributed by atoms with Crippen molar-refractivity contribution >= 4 is 55.0 Å². The van der Waals surface area contributed by atoms with E-state index in [9.17, 15) is 23.9 Å². The molecule has 0 amide bonds. The molecule has 8 rings (SSSR count). The van der Waals surface area contributed by atoms with Crippen LogP contribution in [0.25, 0.3) is 22.3 Å². The highest BCUT2D eigenvalue weighted by atomic mass is 32.7. The summed E-state index contributed by atoms with van der Waals surface area (Å²) in [6, 6.07) is -0.763. The standard InChI is InChI=1S/C23H26FN9O10P2S/c1-8-30-20-13(21(35)31-8)29-7-33(20)22-16-11(24)10(41-22)3-39-45(38,46)43-17-15(34)14(9-2-23(9,17)4-40-44(36,37)42-16)32-6-28-12-18(25)26-5-27-19(12)32/h5-7,9-11,14-17,22,34H,2-4H2,1H3,(H,36,37)(H,38,46)(H2,25,26,27)(H,30,31,35)/t9-,10-,11-,14-,15+,16-,17+,22-,23?,45+/m1/s1. The Bertz CT molecular complexity index is 2050. The SMILES string of the molecule is Cc1nc2c(ncn2[C@@H]2O[C@@H]3CO[P@](=O)(S)O[C@H]4[C@@H](O)[C@H](n5cnc6c(N)ncnc65)[C@H]5CC54COP(=O)(O)O[C@@H]2[C@@H]3F)c(=O)[nH]1. The number of imidazole rings is 2. The van der Waals surface area contributed by atoms with Crippen molar-refractivity contribution in [2.24, 2.45) is 11.3 Å². The number of hydrogen-bond donors (Lipinski definition) is 5. The number of halogens is 1. The molecular weight excluding hydrogens is 675 g/mol. The molecule has 2 aliphatic heterocycles. The van der Waals surface area contributed by atoms with Crippen LogP contribution in [0.5, 0.6) is 0 Å². The van der Waals surface area contributed by atoms with Gasteiger partial charge in [0.1, 0.15) is 42.1 Å². The summed E-state index contributed by atoms with van der Waals surface area (Å²) < 4.78 is 73.5. The van der Waals surface area contributed by atoms with Gasteiger partial charge in [-0.2, -0.15) is 0 Å². The van der Waals surface area contributed by atoms with Crippen LogP contribution in [-0.2, 0) is 32.0 Å². The van der Waals surface area contributed by atoms with Gasteiger partial charge in [0, 0.05) is 5.41 Å². The summed E-state index contributed by atoms with van der Waals surface area (Å²) in [4.78, 5) is 46.5. The van der Waals surface area contributed by atoms with Crippen LogP contribution in [0.1, 0.15) is 24.5 Å². The lowest BCUT2D eigenvalue weighted by Gasteiger charge is -2.30. The molecule has 2 saturated carbocycles. The van der Waals surface area contributed by atoms with E-state index in [1.54, 1.807) is 4.57 Å². The Kier molecular flexibility index (Phi) is 6.85. The molecule has 5 N–H and O–H groups in total. The van der Waals surface area contributed by atoms with E-state index in [4.69, 9.17) is 28.6 Å². The zero-order valence-electron chi connectivity index (χ0n) is 23.6. The maximum atomic E-state index is 15.9. The van der Waals surface area contributed by atoms with Crippen LogP contribution in [0.2, 0.25) is 0 Å². The van der Waals surface area contributed by atoms with Crippen molar-refractivity contribution in [3.63, 3.8) is 0 Å². The zero-order valence-corrected chi connectivity index (χ0v) is 26.2. The number of phosphoric acid groups is 1. The Morgan fingerprint density at radius 3 is 2.70 bits per heavy atom. The summed E-state index contributed by atoms with van der Waals surface area (Å²) in [7, 11) is -5.06. The highest BCUT2D eigenvalue weighted by Gasteiger charge is 2.74. The number of nitrogens with one attached hydrogen (secondary N) is 1. The third kappa shape index (κ3) is 4.68. The number of aromatic nitrogens is 8. The van der Waals surface area contributed by atoms with Crippen LogP contribution in [0.3, 0.4) is 0 Å². The first-order chi connectivity index (χ1) is 21.8. The second-order valence-corrected chi connectivity index (χ2v) is 16.0. The molecule has 2 aliphatic carbocycles. The van der Waals surface area contributed by atoms with Gasteiger partial charge in [-0.15, -0.1) is 0 Å². The fraction of sp³-hybridized carbons (Fsp3) is 0.565. The fourth-order valence-corrected chi connectivity index (χ4v) is 9.39. The molecular formula is C23H26FN9O10P2S. The van der Waals surface area contributed by atoms with Gasteiger partial charge in [0.15, 0.2) is 35.0 Å². The van der Waals surface area contributed by atoms with E-state index in [0.29, 0.717) is 11.2 Å². The van der Waals surface area contributed by atoms with Crippen LogP contribution < -0.4 is 11.3 Å². The summed E-state index contributed by atoms with van der Waals surface area (Å²) in [6.45, 7) is -4.04. The number of nitrogen functional groups attached to an aromatic ring is 1. The Labute approximate surface area is 261 Å². The van der Waals surface area contributed by atoms with Crippen molar-refractivity contribution in [3.8, 4) is 0 Å². The molecule has 23 heteroatoms. The van der Waals surface area contributed by atoms with E-state index in [2.05, 4.69) is 42.2 Å². The number of aromatic amines is 1. The summed E-state index contributed by atoms with van der Waals surface area (Å²) in [5, 5.41) is 11.5. The third-order valence-corrected chi connectivity index (χ3v) is 11.6. The number of aryl methyl sites for hydroxylation is 1. The molecule has 6 heterocycles. The number of aliphatic hydroxyl groups is 1. The number of alkyl halides is 1. The molecule has 0 radical (unpaired) electrons. The van der Waals surface area contributed by atoms with Crippen LogP contribution >= 0.6 is 26.9 Å². The second-order valence-electron chi connectivity index (χ2n) is 11.7. The molecule has 0 aromatic carbocycles. The highest BCUT2D eigenvalue weighted by Crippen LogP contribution is 2.73. The number of nitrogens with two attached hydrogens (primary N) is 1. The molecule has 46 heavy (non-hydrogen) atoms. The summed E-state index contributed by atoms with van der Waals surface area (Å²) in [5.41, 5.74) is 4.74. The van der Waals surface area contributed by atoms with Crippen LogP contribution in [0, 0.1) is 18.3 Å². The number of rotatable bonds is 2. The predicted molar refractivity (Wildman–Crippen MR) is 155 cm³/mol.